The molecule has 0 aliphatic carbocycles. The van der Waals surface area contributed by atoms with Gasteiger partial charge in [-0.1, -0.05) is 0 Å². The van der Waals surface area contributed by atoms with E-state index in [1.165, 1.54) is 0 Å². The normalized spacial score (nSPS) is 22.1. The number of aromatic nitrogens is 3. The second kappa shape index (κ2) is 3.75. The van der Waals surface area contributed by atoms with E-state index in [2.05, 4.69) is 15.4 Å². The first kappa shape index (κ1) is 9.14. The summed E-state index contributed by atoms with van der Waals surface area (Å²) in [5.74, 6) is -0.483. The highest BCUT2D eigenvalue weighted by Crippen LogP contribution is 2.14. The number of piperidine rings is 1. The van der Waals surface area contributed by atoms with Crippen LogP contribution in [-0.4, -0.2) is 33.8 Å². The third-order valence-corrected chi connectivity index (χ3v) is 2.37. The van der Waals surface area contributed by atoms with Gasteiger partial charge in [0.1, 0.15) is 6.33 Å². The average molecular weight is 195 g/mol. The van der Waals surface area contributed by atoms with Crippen molar-refractivity contribution >= 4 is 5.91 Å². The summed E-state index contributed by atoms with van der Waals surface area (Å²) >= 11 is 0. The number of carbonyl (C=O) groups excluding carboxylic acids is 1. The van der Waals surface area contributed by atoms with Crippen LogP contribution in [-0.2, 0) is 0 Å². The molecule has 0 aromatic carbocycles. The molecular formula is C8H13N5O. The van der Waals surface area contributed by atoms with Crippen LogP contribution in [0.3, 0.4) is 0 Å². The molecule has 6 heteroatoms. The number of amides is 1. The Kier molecular flexibility index (Phi) is 2.45. The number of hydrogen-bond donors (Lipinski definition) is 2. The van der Waals surface area contributed by atoms with Crippen LogP contribution in [0.1, 0.15) is 29.5 Å². The average Bonchev–Trinajstić information content (AvgIpc) is 2.68. The van der Waals surface area contributed by atoms with Gasteiger partial charge in [-0.2, -0.15) is 0 Å². The summed E-state index contributed by atoms with van der Waals surface area (Å²) in [5.41, 5.74) is 5.06. The molecule has 2 heterocycles. The molecule has 0 spiro atoms. The number of nitrogens with one attached hydrogen (secondary N) is 1. The van der Waals surface area contributed by atoms with Gasteiger partial charge in [0, 0.05) is 6.54 Å². The fourth-order valence-electron chi connectivity index (χ4n) is 1.62. The Balaban J connectivity index is 2.11. The topological polar surface area (TPSA) is 85.8 Å². The van der Waals surface area contributed by atoms with Gasteiger partial charge in [0.05, 0.1) is 6.04 Å². The van der Waals surface area contributed by atoms with Crippen LogP contribution < -0.4 is 11.1 Å². The molecule has 1 aromatic rings. The van der Waals surface area contributed by atoms with Gasteiger partial charge < -0.3 is 11.1 Å². The molecule has 1 amide bonds. The number of hydrogen-bond acceptors (Lipinski definition) is 4. The van der Waals surface area contributed by atoms with Gasteiger partial charge in [0.25, 0.3) is 5.91 Å². The largest absolute Gasteiger partial charge is 0.363 e. The van der Waals surface area contributed by atoms with E-state index >= 15 is 0 Å². The lowest BCUT2D eigenvalue weighted by atomic mass is 10.1. The molecule has 2 rings (SSSR count). The summed E-state index contributed by atoms with van der Waals surface area (Å²) in [4.78, 5) is 14.6. The first-order valence-corrected chi connectivity index (χ1v) is 4.69. The summed E-state index contributed by atoms with van der Waals surface area (Å²) in [6, 6.07) is 0.296. The molecule has 6 nitrogen and oxygen atoms in total. The van der Waals surface area contributed by atoms with Gasteiger partial charge in [0.2, 0.25) is 5.82 Å². The zero-order valence-electron chi connectivity index (χ0n) is 7.81. The molecule has 1 aromatic heterocycles. The standard InChI is InChI=1S/C8H13N5O/c9-7(14)8-11-5-13(12-8)6-2-1-3-10-4-6/h5-6,10H,1-4H2,(H2,9,14). The SMILES string of the molecule is NC(=O)c1ncn(C2CCCNC2)n1. The Bertz CT molecular complexity index is 328. The fourth-order valence-corrected chi connectivity index (χ4v) is 1.62. The van der Waals surface area contributed by atoms with E-state index in [-0.39, 0.29) is 5.82 Å². The van der Waals surface area contributed by atoms with Crippen LogP contribution in [0.4, 0.5) is 0 Å². The number of primary amides is 1. The van der Waals surface area contributed by atoms with Crippen LogP contribution >= 0.6 is 0 Å². The van der Waals surface area contributed by atoms with E-state index in [9.17, 15) is 4.79 Å². The molecule has 1 fully saturated rings. The highest BCUT2D eigenvalue weighted by atomic mass is 16.1. The van der Waals surface area contributed by atoms with Crippen molar-refractivity contribution in [3.05, 3.63) is 12.2 Å². The van der Waals surface area contributed by atoms with Crippen molar-refractivity contribution in [2.24, 2.45) is 5.73 Å². The van der Waals surface area contributed by atoms with Crippen LogP contribution in [0, 0.1) is 0 Å². The van der Waals surface area contributed by atoms with Crippen LogP contribution in [0.25, 0.3) is 0 Å². The lowest BCUT2D eigenvalue weighted by Crippen LogP contribution is -2.32. The number of nitrogens with two attached hydrogens (primary N) is 1. The third-order valence-electron chi connectivity index (χ3n) is 2.37. The van der Waals surface area contributed by atoms with Gasteiger partial charge in [-0.25, -0.2) is 9.67 Å². The molecule has 1 saturated heterocycles. The first-order valence-electron chi connectivity index (χ1n) is 4.69. The molecule has 14 heavy (non-hydrogen) atoms. The summed E-state index contributed by atoms with van der Waals surface area (Å²) in [7, 11) is 0. The Morgan fingerprint density at radius 3 is 3.14 bits per heavy atom. The lowest BCUT2D eigenvalue weighted by Gasteiger charge is -2.22. The van der Waals surface area contributed by atoms with E-state index in [0.717, 1.165) is 25.9 Å². The lowest BCUT2D eigenvalue weighted by molar-refractivity contribution is 0.0990. The molecule has 0 saturated carbocycles. The summed E-state index contributed by atoms with van der Waals surface area (Å²) in [5, 5.41) is 7.29. The van der Waals surface area contributed by atoms with E-state index in [1.54, 1.807) is 11.0 Å². The predicted octanol–water partition coefficient (Wildman–Crippen LogP) is -0.699. The Morgan fingerprint density at radius 2 is 2.57 bits per heavy atom. The Hall–Kier alpha value is -1.43. The summed E-state index contributed by atoms with van der Waals surface area (Å²) < 4.78 is 1.71. The smallest absolute Gasteiger partial charge is 0.288 e. The van der Waals surface area contributed by atoms with Crippen molar-refractivity contribution in [2.45, 2.75) is 18.9 Å². The first-order chi connectivity index (χ1) is 6.77. The maximum atomic E-state index is 10.8. The highest BCUT2D eigenvalue weighted by molar-refractivity contribution is 5.88. The number of carbonyl (C=O) groups is 1. The number of nitrogens with zero attached hydrogens (tertiary/aromatic N) is 3. The Labute approximate surface area is 81.5 Å². The molecule has 0 radical (unpaired) electrons. The molecule has 3 N–H and O–H groups in total. The fraction of sp³-hybridized carbons (Fsp3) is 0.625. The monoisotopic (exact) mass is 195 g/mol. The predicted molar refractivity (Wildman–Crippen MR) is 49.7 cm³/mol. The van der Waals surface area contributed by atoms with Crippen molar-refractivity contribution in [3.63, 3.8) is 0 Å². The molecule has 1 atom stereocenters. The Morgan fingerprint density at radius 1 is 1.71 bits per heavy atom. The molecule has 1 aliphatic heterocycles. The van der Waals surface area contributed by atoms with Crippen LogP contribution in [0.2, 0.25) is 0 Å². The molecule has 1 aliphatic rings. The van der Waals surface area contributed by atoms with Crippen molar-refractivity contribution in [1.29, 1.82) is 0 Å². The van der Waals surface area contributed by atoms with Gasteiger partial charge in [-0.3, -0.25) is 4.79 Å². The highest BCUT2D eigenvalue weighted by Gasteiger charge is 2.17. The maximum absolute atomic E-state index is 10.8. The minimum absolute atomic E-state index is 0.0931. The van der Waals surface area contributed by atoms with Gasteiger partial charge in [-0.15, -0.1) is 5.10 Å². The quantitative estimate of drug-likeness (QED) is 0.653. The molecule has 1 unspecified atom stereocenters. The van der Waals surface area contributed by atoms with E-state index < -0.39 is 5.91 Å². The second-order valence-corrected chi connectivity index (χ2v) is 3.41. The second-order valence-electron chi connectivity index (χ2n) is 3.41. The minimum atomic E-state index is -0.576. The van der Waals surface area contributed by atoms with Gasteiger partial charge in [0.15, 0.2) is 0 Å². The van der Waals surface area contributed by atoms with Crippen molar-refractivity contribution in [1.82, 2.24) is 20.1 Å². The third kappa shape index (κ3) is 1.74. The van der Waals surface area contributed by atoms with Gasteiger partial charge >= 0.3 is 0 Å². The van der Waals surface area contributed by atoms with E-state index in [4.69, 9.17) is 5.73 Å². The van der Waals surface area contributed by atoms with Crippen molar-refractivity contribution in [3.8, 4) is 0 Å². The van der Waals surface area contributed by atoms with Crippen molar-refractivity contribution in [2.75, 3.05) is 13.1 Å². The van der Waals surface area contributed by atoms with E-state index in [0.29, 0.717) is 6.04 Å². The molecular weight excluding hydrogens is 182 g/mol. The van der Waals surface area contributed by atoms with Crippen LogP contribution in [0.15, 0.2) is 6.33 Å². The molecule has 0 bridgehead atoms. The molecule has 76 valence electrons. The van der Waals surface area contributed by atoms with E-state index in [1.807, 2.05) is 0 Å². The zero-order chi connectivity index (χ0) is 9.97. The zero-order valence-corrected chi connectivity index (χ0v) is 7.81. The van der Waals surface area contributed by atoms with Gasteiger partial charge in [-0.05, 0) is 19.4 Å². The minimum Gasteiger partial charge on any atom is -0.363 e. The maximum Gasteiger partial charge on any atom is 0.288 e. The number of rotatable bonds is 2. The van der Waals surface area contributed by atoms with Crippen molar-refractivity contribution < 1.29 is 4.79 Å². The summed E-state index contributed by atoms with van der Waals surface area (Å²) in [6.45, 7) is 1.93. The van der Waals surface area contributed by atoms with Crippen LogP contribution in [0.5, 0.6) is 0 Å². The summed E-state index contributed by atoms with van der Waals surface area (Å²) in [6.07, 6.45) is 3.75.